The van der Waals surface area contributed by atoms with Gasteiger partial charge in [0.15, 0.2) is 0 Å². The Kier molecular flexibility index (Phi) is 7.41. The summed E-state index contributed by atoms with van der Waals surface area (Å²) in [6.45, 7) is 7.57. The lowest BCUT2D eigenvalue weighted by atomic mass is 9.87. The van der Waals surface area contributed by atoms with Crippen LogP contribution < -0.4 is 15.4 Å². The third-order valence-electron chi connectivity index (χ3n) is 5.96. The number of H-pyrrole nitrogens is 1. The van der Waals surface area contributed by atoms with Crippen molar-refractivity contribution in [1.29, 1.82) is 0 Å². The van der Waals surface area contributed by atoms with Crippen molar-refractivity contribution < 1.29 is 18.0 Å². The van der Waals surface area contributed by atoms with Crippen molar-refractivity contribution in [3.05, 3.63) is 96.5 Å². The van der Waals surface area contributed by atoms with E-state index in [1.165, 1.54) is 19.3 Å². The summed E-state index contributed by atoms with van der Waals surface area (Å²) in [5.41, 5.74) is 3.69. The second-order valence-electron chi connectivity index (χ2n) is 9.89. The van der Waals surface area contributed by atoms with E-state index in [-0.39, 0.29) is 16.2 Å². The molecule has 0 saturated carbocycles. The van der Waals surface area contributed by atoms with Crippen molar-refractivity contribution >= 4 is 38.4 Å². The zero-order valence-electron chi connectivity index (χ0n) is 21.6. The quantitative estimate of drug-likeness (QED) is 0.260. The maximum atomic E-state index is 13.1. The Labute approximate surface area is 222 Å². The van der Waals surface area contributed by atoms with E-state index < -0.39 is 15.9 Å². The summed E-state index contributed by atoms with van der Waals surface area (Å²) in [7, 11) is -3.84. The Hall–Kier alpha value is -4.37. The number of nitrogens with one attached hydrogen (secondary N) is 4. The molecule has 0 radical (unpaired) electrons. The van der Waals surface area contributed by atoms with Gasteiger partial charge in [-0.15, -0.1) is 0 Å². The predicted octanol–water partition coefficient (Wildman–Crippen LogP) is 5.27. The van der Waals surface area contributed by atoms with Crippen LogP contribution in [0.2, 0.25) is 0 Å². The number of aromatic nitrogens is 1. The minimum absolute atomic E-state index is 0.0907. The van der Waals surface area contributed by atoms with Crippen molar-refractivity contribution in [2.24, 2.45) is 0 Å². The van der Waals surface area contributed by atoms with Gasteiger partial charge >= 0.3 is 0 Å². The highest BCUT2D eigenvalue weighted by molar-refractivity contribution is 7.92. The number of hydrogen-bond acceptors (Lipinski definition) is 4. The minimum Gasteiger partial charge on any atom is -0.350 e. The second kappa shape index (κ2) is 10.5. The van der Waals surface area contributed by atoms with Crippen molar-refractivity contribution in [3.8, 4) is 11.1 Å². The van der Waals surface area contributed by atoms with Crippen molar-refractivity contribution in [2.75, 3.05) is 4.72 Å². The van der Waals surface area contributed by atoms with Crippen LogP contribution in [0.4, 0.5) is 5.69 Å². The average molecular weight is 531 g/mol. The summed E-state index contributed by atoms with van der Waals surface area (Å²) in [5, 5.41) is 5.78. The van der Waals surface area contributed by atoms with Crippen LogP contribution in [0.5, 0.6) is 0 Å². The molecule has 2 amide bonds. The first-order valence-electron chi connectivity index (χ1n) is 12.0. The van der Waals surface area contributed by atoms with Crippen molar-refractivity contribution in [1.82, 2.24) is 15.6 Å². The third-order valence-corrected chi connectivity index (χ3v) is 7.35. The first-order valence-corrected chi connectivity index (χ1v) is 13.5. The standard InChI is InChI=1S/C29H30N4O4S/c1-19(34)30-16-17-31-28(35)27-26(20-8-6-5-7-9-20)24-18-22(12-15-25(24)32-27)33-38(36,37)23-13-10-21(11-14-23)29(2,3)4/h5-18,32-33H,1-4H3,(H,30,34)(H,31,35)/b17-16+. The van der Waals surface area contributed by atoms with E-state index in [0.29, 0.717) is 27.8 Å². The monoisotopic (exact) mass is 530 g/mol. The van der Waals surface area contributed by atoms with Gasteiger partial charge in [-0.2, -0.15) is 0 Å². The van der Waals surface area contributed by atoms with Gasteiger partial charge < -0.3 is 15.6 Å². The molecule has 4 N–H and O–H groups in total. The van der Waals surface area contributed by atoms with E-state index in [2.05, 4.69) is 41.1 Å². The van der Waals surface area contributed by atoms with Crippen LogP contribution in [-0.2, 0) is 20.2 Å². The molecule has 1 aromatic heterocycles. The van der Waals surface area contributed by atoms with Crippen LogP contribution in [-0.4, -0.2) is 25.2 Å². The van der Waals surface area contributed by atoms with Crippen LogP contribution >= 0.6 is 0 Å². The van der Waals surface area contributed by atoms with Crippen LogP contribution in [0, 0.1) is 0 Å². The Morgan fingerprint density at radius 1 is 0.868 bits per heavy atom. The number of hydrogen-bond donors (Lipinski definition) is 4. The molecule has 0 aliphatic rings. The molecule has 0 atom stereocenters. The lowest BCUT2D eigenvalue weighted by Crippen LogP contribution is -2.20. The molecule has 1 heterocycles. The van der Waals surface area contributed by atoms with Crippen LogP contribution in [0.1, 0.15) is 43.7 Å². The summed E-state index contributed by atoms with van der Waals surface area (Å²) < 4.78 is 28.9. The van der Waals surface area contributed by atoms with Crippen LogP contribution in [0.3, 0.4) is 0 Å². The molecule has 3 aromatic carbocycles. The second-order valence-corrected chi connectivity index (χ2v) is 11.6. The normalized spacial score (nSPS) is 12.0. The molecule has 0 fully saturated rings. The third kappa shape index (κ3) is 5.95. The summed E-state index contributed by atoms with van der Waals surface area (Å²) in [6, 6.07) is 21.3. The number of rotatable bonds is 7. The SMILES string of the molecule is CC(=O)N/C=C/NC(=O)c1[nH]c2ccc(NS(=O)(=O)c3ccc(C(C)(C)C)cc3)cc2c1-c1ccccc1. The fourth-order valence-electron chi connectivity index (χ4n) is 4.03. The van der Waals surface area contributed by atoms with E-state index in [9.17, 15) is 18.0 Å². The Balaban J connectivity index is 1.70. The van der Waals surface area contributed by atoms with Gasteiger partial charge in [0.05, 0.1) is 4.90 Å². The van der Waals surface area contributed by atoms with E-state index in [0.717, 1.165) is 11.1 Å². The topological polar surface area (TPSA) is 120 Å². The fraction of sp³-hybridized carbons (Fsp3) is 0.172. The molecule has 0 aliphatic carbocycles. The molecule has 9 heteroatoms. The van der Waals surface area contributed by atoms with E-state index in [1.54, 1.807) is 30.3 Å². The molecule has 0 spiro atoms. The molecular formula is C29H30N4O4S. The number of anilines is 1. The summed E-state index contributed by atoms with van der Waals surface area (Å²) in [4.78, 5) is 27.4. The van der Waals surface area contributed by atoms with Crippen molar-refractivity contribution in [3.63, 3.8) is 0 Å². The molecule has 196 valence electrons. The minimum atomic E-state index is -3.84. The van der Waals surface area contributed by atoms with Crippen LogP contribution in [0.25, 0.3) is 22.0 Å². The van der Waals surface area contributed by atoms with Gasteiger partial charge in [-0.05, 0) is 46.9 Å². The van der Waals surface area contributed by atoms with E-state index in [1.807, 2.05) is 42.5 Å². The summed E-state index contributed by atoms with van der Waals surface area (Å²) in [5.74, 6) is -0.672. The number of carbonyl (C=O) groups is 2. The van der Waals surface area contributed by atoms with Gasteiger partial charge in [0.25, 0.3) is 15.9 Å². The molecule has 0 unspecified atom stereocenters. The fourth-order valence-corrected chi connectivity index (χ4v) is 5.08. The van der Waals surface area contributed by atoms with E-state index >= 15 is 0 Å². The lowest BCUT2D eigenvalue weighted by molar-refractivity contribution is -0.118. The lowest BCUT2D eigenvalue weighted by Gasteiger charge is -2.19. The number of benzene rings is 3. The van der Waals surface area contributed by atoms with Gasteiger partial charge in [-0.25, -0.2) is 8.42 Å². The number of sulfonamides is 1. The predicted molar refractivity (Wildman–Crippen MR) is 150 cm³/mol. The zero-order valence-corrected chi connectivity index (χ0v) is 22.4. The molecule has 38 heavy (non-hydrogen) atoms. The number of aromatic amines is 1. The van der Waals surface area contributed by atoms with Gasteiger partial charge in [0.2, 0.25) is 5.91 Å². The van der Waals surface area contributed by atoms with Gasteiger partial charge in [0, 0.05) is 41.5 Å². The van der Waals surface area contributed by atoms with E-state index in [4.69, 9.17) is 0 Å². The summed E-state index contributed by atoms with van der Waals surface area (Å²) >= 11 is 0. The van der Waals surface area contributed by atoms with Gasteiger partial charge in [-0.3, -0.25) is 14.3 Å². The van der Waals surface area contributed by atoms with Crippen LogP contribution in [0.15, 0.2) is 90.1 Å². The summed E-state index contributed by atoms with van der Waals surface area (Å²) in [6.07, 6.45) is 2.68. The highest BCUT2D eigenvalue weighted by Gasteiger charge is 2.21. The Morgan fingerprint density at radius 3 is 2.16 bits per heavy atom. The highest BCUT2D eigenvalue weighted by atomic mass is 32.2. The number of fused-ring (bicyclic) bond motifs is 1. The molecular weight excluding hydrogens is 500 g/mol. The first kappa shape index (κ1) is 26.7. The first-order chi connectivity index (χ1) is 18.0. The maximum absolute atomic E-state index is 13.1. The zero-order chi connectivity index (χ0) is 27.5. The molecule has 0 aliphatic heterocycles. The molecule has 8 nitrogen and oxygen atoms in total. The average Bonchev–Trinajstić information content (AvgIpc) is 3.25. The Morgan fingerprint density at radius 2 is 1.53 bits per heavy atom. The van der Waals surface area contributed by atoms with Gasteiger partial charge in [0.1, 0.15) is 5.69 Å². The number of amides is 2. The Bertz CT molecular complexity index is 1620. The highest BCUT2D eigenvalue weighted by Crippen LogP contribution is 2.34. The molecule has 0 saturated heterocycles. The van der Waals surface area contributed by atoms with Crippen molar-refractivity contribution in [2.45, 2.75) is 38.0 Å². The smallest absolute Gasteiger partial charge is 0.272 e. The number of carbonyl (C=O) groups excluding carboxylic acids is 2. The largest absolute Gasteiger partial charge is 0.350 e. The molecule has 4 aromatic rings. The maximum Gasteiger partial charge on any atom is 0.272 e. The van der Waals surface area contributed by atoms with Gasteiger partial charge in [-0.1, -0.05) is 63.2 Å². The molecule has 4 rings (SSSR count). The molecule has 0 bridgehead atoms.